The number of hydrogen-bond donors (Lipinski definition) is 0. The van der Waals surface area contributed by atoms with E-state index in [9.17, 15) is 13.6 Å². The highest BCUT2D eigenvalue weighted by Crippen LogP contribution is 1.94. The minimum atomic E-state index is -2.87. The molecule has 0 radical (unpaired) electrons. The Morgan fingerprint density at radius 3 is 1.78 bits per heavy atom. The van der Waals surface area contributed by atoms with Gasteiger partial charge in [0.25, 0.3) is 5.91 Å². The predicted octanol–water partition coefficient (Wildman–Crippen LogP) is 0.761. The van der Waals surface area contributed by atoms with Crippen molar-refractivity contribution in [3.63, 3.8) is 0 Å². The fourth-order valence-corrected chi connectivity index (χ4v) is 0.195. The van der Waals surface area contributed by atoms with Crippen molar-refractivity contribution >= 4 is 18.3 Å². The summed E-state index contributed by atoms with van der Waals surface area (Å²) in [7, 11) is 2.57. The number of rotatable bonds is 1. The number of nitrogens with zero attached hydrogens (tertiary/aromatic N) is 1. The summed E-state index contributed by atoms with van der Waals surface area (Å²) in [5.74, 6) is -1.15. The van der Waals surface area contributed by atoms with Crippen molar-refractivity contribution in [1.29, 1.82) is 0 Å². The zero-order valence-electron chi connectivity index (χ0n) is 5.10. The van der Waals surface area contributed by atoms with Crippen LogP contribution in [-0.2, 0) is 4.79 Å². The van der Waals surface area contributed by atoms with E-state index in [0.29, 0.717) is 0 Å². The van der Waals surface area contributed by atoms with Crippen LogP contribution in [0.25, 0.3) is 0 Å². The van der Waals surface area contributed by atoms with Crippen LogP contribution < -0.4 is 0 Å². The van der Waals surface area contributed by atoms with Crippen LogP contribution in [0.15, 0.2) is 0 Å². The molecule has 9 heavy (non-hydrogen) atoms. The molecule has 0 atom stereocenters. The van der Waals surface area contributed by atoms with Gasteiger partial charge in [-0.1, -0.05) is 0 Å². The van der Waals surface area contributed by atoms with Crippen molar-refractivity contribution in [2.75, 3.05) is 14.1 Å². The first-order chi connectivity index (χ1) is 3.55. The summed E-state index contributed by atoms with van der Waals surface area (Å²) in [5.41, 5.74) is 0. The van der Waals surface area contributed by atoms with Crippen LogP contribution in [-0.4, -0.2) is 31.3 Å². The Balaban J connectivity index is 0. The molecule has 0 aromatic carbocycles. The van der Waals surface area contributed by atoms with Gasteiger partial charge in [0.1, 0.15) is 0 Å². The Kier molecular flexibility index (Phi) is 5.70. The van der Waals surface area contributed by atoms with E-state index < -0.39 is 12.3 Å². The molecule has 0 aromatic rings. The SMILES string of the molecule is CN(C)C(=O)C(F)F.Cl. The van der Waals surface area contributed by atoms with E-state index in [0.717, 1.165) is 4.90 Å². The Morgan fingerprint density at radius 2 is 1.78 bits per heavy atom. The number of carbonyl (C=O) groups is 1. The van der Waals surface area contributed by atoms with Crippen molar-refractivity contribution in [3.05, 3.63) is 0 Å². The van der Waals surface area contributed by atoms with E-state index >= 15 is 0 Å². The van der Waals surface area contributed by atoms with Gasteiger partial charge < -0.3 is 4.90 Å². The molecule has 56 valence electrons. The maximum Gasteiger partial charge on any atom is 0.315 e. The molecular weight excluding hydrogens is 151 g/mol. The molecule has 0 heterocycles. The van der Waals surface area contributed by atoms with E-state index in [1.807, 2.05) is 0 Å². The van der Waals surface area contributed by atoms with Gasteiger partial charge in [-0.3, -0.25) is 4.79 Å². The van der Waals surface area contributed by atoms with Crippen LogP contribution in [0.4, 0.5) is 8.78 Å². The van der Waals surface area contributed by atoms with Crippen molar-refractivity contribution in [2.24, 2.45) is 0 Å². The molecule has 0 saturated heterocycles. The highest BCUT2D eigenvalue weighted by molar-refractivity contribution is 5.85. The fourth-order valence-electron chi connectivity index (χ4n) is 0.195. The minimum absolute atomic E-state index is 0. The summed E-state index contributed by atoms with van der Waals surface area (Å²) < 4.78 is 22.6. The number of halogens is 3. The van der Waals surface area contributed by atoms with Gasteiger partial charge in [-0.2, -0.15) is 8.78 Å². The lowest BCUT2D eigenvalue weighted by Gasteiger charge is -2.07. The smallest absolute Gasteiger partial charge is 0.315 e. The van der Waals surface area contributed by atoms with E-state index in [1.54, 1.807) is 0 Å². The summed E-state index contributed by atoms with van der Waals surface area (Å²) in [6.45, 7) is 0. The van der Waals surface area contributed by atoms with Crippen LogP contribution in [0, 0.1) is 0 Å². The Hall–Kier alpha value is -0.380. The molecule has 1 amide bonds. The molecular formula is C4H8ClF2NO. The zero-order chi connectivity index (χ0) is 6.73. The largest absolute Gasteiger partial charge is 0.344 e. The van der Waals surface area contributed by atoms with E-state index in [4.69, 9.17) is 0 Å². The lowest BCUT2D eigenvalue weighted by Crippen LogP contribution is -2.27. The normalized spacial score (nSPS) is 8.56. The second-order valence-corrected chi connectivity index (χ2v) is 1.53. The molecule has 0 spiro atoms. The highest BCUT2D eigenvalue weighted by atomic mass is 35.5. The quantitative estimate of drug-likeness (QED) is 0.553. The number of alkyl halides is 2. The van der Waals surface area contributed by atoms with Crippen molar-refractivity contribution in [1.82, 2.24) is 4.90 Å². The minimum Gasteiger partial charge on any atom is -0.344 e. The van der Waals surface area contributed by atoms with Gasteiger partial charge in [-0.15, -0.1) is 12.4 Å². The third-order valence-corrected chi connectivity index (χ3v) is 0.627. The Labute approximate surface area is 58.2 Å². The molecule has 0 N–H and O–H groups in total. The first-order valence-electron chi connectivity index (χ1n) is 2.05. The van der Waals surface area contributed by atoms with Gasteiger partial charge in [-0.05, 0) is 0 Å². The zero-order valence-corrected chi connectivity index (χ0v) is 5.91. The lowest BCUT2D eigenvalue weighted by atomic mass is 10.6. The molecule has 0 bridgehead atoms. The molecule has 0 aliphatic rings. The Bertz CT molecular complexity index is 86.6. The third kappa shape index (κ3) is 4.14. The van der Waals surface area contributed by atoms with Crippen LogP contribution in [0.5, 0.6) is 0 Å². The van der Waals surface area contributed by atoms with Gasteiger partial charge in [0.05, 0.1) is 0 Å². The van der Waals surface area contributed by atoms with Crippen molar-refractivity contribution in [2.45, 2.75) is 6.43 Å². The molecule has 0 aromatic heterocycles. The maximum atomic E-state index is 11.3. The Morgan fingerprint density at radius 1 is 1.44 bits per heavy atom. The molecule has 0 aliphatic carbocycles. The van der Waals surface area contributed by atoms with Crippen molar-refractivity contribution in [3.8, 4) is 0 Å². The topological polar surface area (TPSA) is 20.3 Å². The van der Waals surface area contributed by atoms with Gasteiger partial charge >= 0.3 is 6.43 Å². The average molecular weight is 160 g/mol. The predicted molar refractivity (Wildman–Crippen MR) is 31.9 cm³/mol. The molecule has 5 heteroatoms. The number of carbonyl (C=O) groups excluding carboxylic acids is 1. The van der Waals surface area contributed by atoms with E-state index in [2.05, 4.69) is 0 Å². The van der Waals surface area contributed by atoms with Gasteiger partial charge in [0.2, 0.25) is 0 Å². The molecule has 0 aliphatic heterocycles. The third-order valence-electron chi connectivity index (χ3n) is 0.627. The van der Waals surface area contributed by atoms with Crippen LogP contribution in [0.1, 0.15) is 0 Å². The monoisotopic (exact) mass is 159 g/mol. The van der Waals surface area contributed by atoms with Crippen LogP contribution in [0.2, 0.25) is 0 Å². The standard InChI is InChI=1S/C4H7F2NO.ClH/c1-7(2)4(8)3(5)6;/h3H,1-2H3;1H. The lowest BCUT2D eigenvalue weighted by molar-refractivity contribution is -0.140. The second-order valence-electron chi connectivity index (χ2n) is 1.53. The molecule has 0 unspecified atom stereocenters. The summed E-state index contributed by atoms with van der Waals surface area (Å²) >= 11 is 0. The van der Waals surface area contributed by atoms with Crippen LogP contribution in [0.3, 0.4) is 0 Å². The first-order valence-corrected chi connectivity index (χ1v) is 2.05. The van der Waals surface area contributed by atoms with Gasteiger partial charge in [0, 0.05) is 14.1 Å². The highest BCUT2D eigenvalue weighted by Gasteiger charge is 2.15. The molecule has 0 saturated carbocycles. The summed E-state index contributed by atoms with van der Waals surface area (Å²) in [5, 5.41) is 0. The molecule has 0 rings (SSSR count). The second kappa shape index (κ2) is 4.49. The molecule has 2 nitrogen and oxygen atoms in total. The fraction of sp³-hybridized carbons (Fsp3) is 0.750. The average Bonchev–Trinajstić information content (AvgIpc) is 1.64. The summed E-state index contributed by atoms with van der Waals surface area (Å²) in [4.78, 5) is 10.9. The first kappa shape index (κ1) is 11.4. The van der Waals surface area contributed by atoms with Crippen LogP contribution >= 0.6 is 12.4 Å². The van der Waals surface area contributed by atoms with E-state index in [1.165, 1.54) is 14.1 Å². The summed E-state index contributed by atoms with van der Waals surface area (Å²) in [6, 6.07) is 0. The number of hydrogen-bond acceptors (Lipinski definition) is 1. The van der Waals surface area contributed by atoms with Gasteiger partial charge in [-0.25, -0.2) is 0 Å². The maximum absolute atomic E-state index is 11.3. The van der Waals surface area contributed by atoms with E-state index in [-0.39, 0.29) is 12.4 Å². The number of amides is 1. The van der Waals surface area contributed by atoms with Crippen molar-refractivity contribution < 1.29 is 13.6 Å². The van der Waals surface area contributed by atoms with Gasteiger partial charge in [0.15, 0.2) is 0 Å². The summed E-state index contributed by atoms with van der Waals surface area (Å²) in [6.07, 6.45) is -2.87. The molecule has 0 fully saturated rings.